The van der Waals surface area contributed by atoms with Crippen molar-refractivity contribution in [1.29, 1.82) is 0 Å². The van der Waals surface area contributed by atoms with Crippen molar-refractivity contribution in [2.75, 3.05) is 6.54 Å². The first kappa shape index (κ1) is 20.3. The maximum absolute atomic E-state index is 12.1. The van der Waals surface area contributed by atoms with E-state index in [4.69, 9.17) is 16.3 Å². The van der Waals surface area contributed by atoms with Crippen LogP contribution in [0.25, 0.3) is 16.5 Å². The second-order valence-corrected chi connectivity index (χ2v) is 8.46. The second-order valence-electron chi connectivity index (χ2n) is 6.97. The van der Waals surface area contributed by atoms with Crippen LogP contribution in [-0.2, 0) is 11.2 Å². The molecule has 7 heteroatoms. The van der Waals surface area contributed by atoms with E-state index < -0.39 is 0 Å². The largest absolute Gasteiger partial charge is 0.486 e. The van der Waals surface area contributed by atoms with Gasteiger partial charge in [0.2, 0.25) is 5.91 Å². The van der Waals surface area contributed by atoms with Crippen molar-refractivity contribution in [3.05, 3.63) is 75.9 Å². The number of Topliss-reactive ketones (excluding diaryl/α,β-unsaturated/α-hetero) is 1. The van der Waals surface area contributed by atoms with Gasteiger partial charge in [-0.1, -0.05) is 11.6 Å². The van der Waals surface area contributed by atoms with E-state index in [1.54, 1.807) is 25.4 Å². The molecule has 2 aromatic heterocycles. The van der Waals surface area contributed by atoms with Crippen molar-refractivity contribution in [2.45, 2.75) is 19.4 Å². The highest BCUT2D eigenvalue weighted by molar-refractivity contribution is 7.17. The van der Waals surface area contributed by atoms with E-state index in [1.807, 2.05) is 36.4 Å². The minimum Gasteiger partial charge on any atom is -0.486 e. The SMILES string of the molecule is CC(=O)c1ccc(-c2cc(Cl)c3c(c2)CC(CNC(=O)/C=C/c2ccncc2)O3)s1. The lowest BCUT2D eigenvalue weighted by Crippen LogP contribution is -2.33. The molecule has 1 unspecified atom stereocenters. The number of rotatable bonds is 6. The summed E-state index contributed by atoms with van der Waals surface area (Å²) < 4.78 is 5.96. The number of ether oxygens (including phenoxy) is 1. The van der Waals surface area contributed by atoms with Crippen LogP contribution < -0.4 is 10.1 Å². The summed E-state index contributed by atoms with van der Waals surface area (Å²) in [5.41, 5.74) is 2.87. The number of nitrogens with zero attached hydrogens (tertiary/aromatic N) is 1. The van der Waals surface area contributed by atoms with E-state index in [9.17, 15) is 9.59 Å². The van der Waals surface area contributed by atoms with Gasteiger partial charge in [-0.15, -0.1) is 11.3 Å². The Bertz CT molecular complexity index is 1120. The molecule has 152 valence electrons. The fraction of sp³-hybridized carbons (Fsp3) is 0.174. The molecule has 0 radical (unpaired) electrons. The third-order valence-electron chi connectivity index (χ3n) is 4.73. The maximum atomic E-state index is 12.1. The minimum absolute atomic E-state index is 0.0515. The summed E-state index contributed by atoms with van der Waals surface area (Å²) in [7, 11) is 0. The van der Waals surface area contributed by atoms with Crippen LogP contribution in [0.3, 0.4) is 0 Å². The summed E-state index contributed by atoms with van der Waals surface area (Å²) in [5.74, 6) is 0.527. The van der Waals surface area contributed by atoms with Gasteiger partial charge in [0.05, 0.1) is 16.4 Å². The van der Waals surface area contributed by atoms with Crippen LogP contribution in [0.4, 0.5) is 0 Å². The molecule has 30 heavy (non-hydrogen) atoms. The number of hydrogen-bond donors (Lipinski definition) is 1. The highest BCUT2D eigenvalue weighted by Gasteiger charge is 2.26. The minimum atomic E-state index is -0.187. The fourth-order valence-electron chi connectivity index (χ4n) is 3.25. The Morgan fingerprint density at radius 2 is 2.07 bits per heavy atom. The number of fused-ring (bicyclic) bond motifs is 1. The standard InChI is InChI=1S/C23H19ClN2O3S/c1-14(27)20-3-4-21(30-20)16-10-17-11-18(29-23(17)19(24)12-16)13-26-22(28)5-2-15-6-8-25-9-7-15/h2-10,12,18H,11,13H2,1H3,(H,26,28)/b5-2+. The number of carbonyl (C=O) groups excluding carboxylic acids is 2. The van der Waals surface area contributed by atoms with E-state index in [0.29, 0.717) is 23.7 Å². The van der Waals surface area contributed by atoms with Crippen molar-refractivity contribution >= 4 is 40.7 Å². The molecule has 1 amide bonds. The first-order valence-corrected chi connectivity index (χ1v) is 10.6. The molecule has 1 atom stereocenters. The Morgan fingerprint density at radius 1 is 1.27 bits per heavy atom. The number of halogens is 1. The van der Waals surface area contributed by atoms with Crippen LogP contribution >= 0.6 is 22.9 Å². The molecular formula is C23H19ClN2O3S. The first-order valence-electron chi connectivity index (χ1n) is 9.46. The zero-order valence-corrected chi connectivity index (χ0v) is 17.8. The van der Waals surface area contributed by atoms with Crippen LogP contribution in [0.15, 0.2) is 54.9 Å². The number of pyridine rings is 1. The number of carbonyl (C=O) groups is 2. The molecule has 0 saturated carbocycles. The molecule has 1 aliphatic heterocycles. The van der Waals surface area contributed by atoms with Crippen LogP contribution in [-0.4, -0.2) is 29.3 Å². The predicted molar refractivity (Wildman–Crippen MR) is 119 cm³/mol. The first-order chi connectivity index (χ1) is 14.5. The Morgan fingerprint density at radius 3 is 2.80 bits per heavy atom. The summed E-state index contributed by atoms with van der Waals surface area (Å²) in [5, 5.41) is 3.40. The molecule has 1 aromatic carbocycles. The normalized spacial score (nSPS) is 15.1. The van der Waals surface area contributed by atoms with E-state index in [-0.39, 0.29) is 17.8 Å². The Kier molecular flexibility index (Phi) is 5.97. The van der Waals surface area contributed by atoms with Gasteiger partial charge in [0, 0.05) is 35.3 Å². The summed E-state index contributed by atoms with van der Waals surface area (Å²) in [6.07, 6.45) is 7.06. The Labute approximate surface area is 183 Å². The molecule has 1 N–H and O–H groups in total. The summed E-state index contributed by atoms with van der Waals surface area (Å²) >= 11 is 7.90. The van der Waals surface area contributed by atoms with Gasteiger partial charge in [0.25, 0.3) is 0 Å². The second kappa shape index (κ2) is 8.81. The summed E-state index contributed by atoms with van der Waals surface area (Å²) in [4.78, 5) is 29.3. The lowest BCUT2D eigenvalue weighted by molar-refractivity contribution is -0.116. The van der Waals surface area contributed by atoms with Crippen LogP contribution in [0.2, 0.25) is 5.02 Å². The van der Waals surface area contributed by atoms with Crippen molar-refractivity contribution in [1.82, 2.24) is 10.3 Å². The van der Waals surface area contributed by atoms with Gasteiger partial charge in [-0.25, -0.2) is 0 Å². The lowest BCUT2D eigenvalue weighted by Gasteiger charge is -2.11. The Hall–Kier alpha value is -2.96. The van der Waals surface area contributed by atoms with E-state index in [1.165, 1.54) is 17.4 Å². The number of hydrogen-bond acceptors (Lipinski definition) is 5. The molecule has 0 saturated heterocycles. The van der Waals surface area contributed by atoms with Gasteiger partial charge in [-0.2, -0.15) is 0 Å². The van der Waals surface area contributed by atoms with Crippen LogP contribution in [0, 0.1) is 0 Å². The molecule has 1 aliphatic rings. The van der Waals surface area contributed by atoms with Gasteiger partial charge in [0.15, 0.2) is 5.78 Å². The number of nitrogens with one attached hydrogen (secondary N) is 1. The maximum Gasteiger partial charge on any atom is 0.244 e. The number of amides is 1. The molecule has 0 fully saturated rings. The molecule has 0 aliphatic carbocycles. The van der Waals surface area contributed by atoms with Gasteiger partial charge in [-0.3, -0.25) is 14.6 Å². The zero-order valence-electron chi connectivity index (χ0n) is 16.2. The summed E-state index contributed by atoms with van der Waals surface area (Å²) in [6, 6.07) is 11.3. The lowest BCUT2D eigenvalue weighted by atomic mass is 10.1. The molecule has 4 rings (SSSR count). The van der Waals surface area contributed by atoms with E-state index in [0.717, 1.165) is 26.4 Å². The van der Waals surface area contributed by atoms with E-state index in [2.05, 4.69) is 10.3 Å². The molecule has 3 heterocycles. The van der Waals surface area contributed by atoms with Gasteiger partial charge in [0.1, 0.15) is 11.9 Å². The molecular weight excluding hydrogens is 420 g/mol. The fourth-order valence-corrected chi connectivity index (χ4v) is 4.42. The number of benzene rings is 1. The number of thiophene rings is 1. The van der Waals surface area contributed by atoms with Crippen LogP contribution in [0.5, 0.6) is 5.75 Å². The smallest absolute Gasteiger partial charge is 0.244 e. The van der Waals surface area contributed by atoms with Gasteiger partial charge < -0.3 is 10.1 Å². The zero-order chi connectivity index (χ0) is 21.1. The average Bonchev–Trinajstić information content (AvgIpc) is 3.39. The third-order valence-corrected chi connectivity index (χ3v) is 6.24. The van der Waals surface area contributed by atoms with Crippen LogP contribution in [0.1, 0.15) is 27.7 Å². The highest BCUT2D eigenvalue weighted by Crippen LogP contribution is 2.41. The van der Waals surface area contributed by atoms with Gasteiger partial charge >= 0.3 is 0 Å². The predicted octanol–water partition coefficient (Wildman–Crippen LogP) is 4.80. The monoisotopic (exact) mass is 438 g/mol. The molecule has 5 nitrogen and oxygen atoms in total. The van der Waals surface area contributed by atoms with Gasteiger partial charge in [-0.05, 0) is 60.5 Å². The number of aromatic nitrogens is 1. The topological polar surface area (TPSA) is 68.3 Å². The molecule has 0 spiro atoms. The average molecular weight is 439 g/mol. The van der Waals surface area contributed by atoms with Crippen molar-refractivity contribution in [2.24, 2.45) is 0 Å². The highest BCUT2D eigenvalue weighted by atomic mass is 35.5. The molecule has 0 bridgehead atoms. The number of ketones is 1. The van der Waals surface area contributed by atoms with Crippen molar-refractivity contribution in [3.63, 3.8) is 0 Å². The van der Waals surface area contributed by atoms with Crippen molar-refractivity contribution < 1.29 is 14.3 Å². The summed E-state index contributed by atoms with van der Waals surface area (Å²) in [6.45, 7) is 1.94. The molecule has 3 aromatic rings. The quantitative estimate of drug-likeness (QED) is 0.443. The van der Waals surface area contributed by atoms with E-state index >= 15 is 0 Å². The van der Waals surface area contributed by atoms with Crippen molar-refractivity contribution in [3.8, 4) is 16.2 Å². The third kappa shape index (κ3) is 4.61. The Balaban J connectivity index is 1.39.